The quantitative estimate of drug-likeness (QED) is 0.613. The Hall–Kier alpha value is -2.41. The van der Waals surface area contributed by atoms with E-state index >= 15 is 0 Å². The van der Waals surface area contributed by atoms with Crippen LogP contribution in [0.3, 0.4) is 0 Å². The number of carbonyl (C=O) groups excluding carboxylic acids is 1. The van der Waals surface area contributed by atoms with Gasteiger partial charge in [0, 0.05) is 11.1 Å². The molecule has 0 saturated carbocycles. The van der Waals surface area contributed by atoms with Gasteiger partial charge >= 0.3 is 0 Å². The third-order valence-electron chi connectivity index (χ3n) is 3.48. The molecule has 92 valence electrons. The van der Waals surface area contributed by atoms with E-state index in [2.05, 4.69) is 12.1 Å². The summed E-state index contributed by atoms with van der Waals surface area (Å²) in [7, 11) is 0. The minimum Gasteiger partial charge on any atom is -0.289 e. The molecular formula is C18H14O. The van der Waals surface area contributed by atoms with Gasteiger partial charge in [0.25, 0.3) is 0 Å². The minimum absolute atomic E-state index is 0.0869. The van der Waals surface area contributed by atoms with Gasteiger partial charge in [-0.3, -0.25) is 4.79 Å². The zero-order valence-corrected chi connectivity index (χ0v) is 10.8. The molecule has 1 heteroatoms. The molecular weight excluding hydrogens is 232 g/mol. The monoisotopic (exact) mass is 246 g/mol. The topological polar surface area (TPSA) is 17.1 Å². The van der Waals surface area contributed by atoms with E-state index in [1.807, 2.05) is 61.5 Å². The molecule has 0 fully saturated rings. The summed E-state index contributed by atoms with van der Waals surface area (Å²) in [6, 6.07) is 21.5. The maximum absolute atomic E-state index is 12.5. The lowest BCUT2D eigenvalue weighted by Crippen LogP contribution is -2.03. The molecule has 0 amide bonds. The lowest BCUT2D eigenvalue weighted by molar-refractivity contribution is 0.103. The van der Waals surface area contributed by atoms with E-state index in [1.165, 1.54) is 5.39 Å². The second kappa shape index (κ2) is 4.69. The standard InChI is InChI=1S/C18H14O/c1-13-16-10-6-5-7-14(16)11-12-17(13)18(19)15-8-3-2-4-9-15/h2-12H,1H3. The Morgan fingerprint density at radius 1 is 0.789 bits per heavy atom. The molecule has 0 spiro atoms. The van der Waals surface area contributed by atoms with Crippen molar-refractivity contribution >= 4 is 16.6 Å². The summed E-state index contributed by atoms with van der Waals surface area (Å²) in [6.07, 6.45) is 0. The lowest BCUT2D eigenvalue weighted by Gasteiger charge is -2.08. The number of rotatable bonds is 2. The van der Waals surface area contributed by atoms with Crippen LogP contribution in [0, 0.1) is 6.92 Å². The van der Waals surface area contributed by atoms with Gasteiger partial charge < -0.3 is 0 Å². The second-order valence-electron chi connectivity index (χ2n) is 4.65. The SMILES string of the molecule is Cc1c(C(=O)c2ccccc2)ccc2ccccc12. The molecule has 0 aliphatic heterocycles. The molecule has 0 radical (unpaired) electrons. The van der Waals surface area contributed by atoms with Crippen LogP contribution in [-0.4, -0.2) is 5.78 Å². The fourth-order valence-corrected chi connectivity index (χ4v) is 2.42. The highest BCUT2D eigenvalue weighted by Crippen LogP contribution is 2.23. The van der Waals surface area contributed by atoms with Crippen LogP contribution in [0.25, 0.3) is 10.8 Å². The molecule has 3 aromatic rings. The summed E-state index contributed by atoms with van der Waals surface area (Å²) in [4.78, 5) is 12.5. The van der Waals surface area contributed by atoms with Crippen molar-refractivity contribution in [2.24, 2.45) is 0 Å². The summed E-state index contributed by atoms with van der Waals surface area (Å²) in [6.45, 7) is 2.01. The number of aryl methyl sites for hydroxylation is 1. The Balaban J connectivity index is 2.16. The first-order valence-corrected chi connectivity index (χ1v) is 6.35. The predicted octanol–water partition coefficient (Wildman–Crippen LogP) is 4.38. The van der Waals surface area contributed by atoms with Gasteiger partial charge in [-0.25, -0.2) is 0 Å². The van der Waals surface area contributed by atoms with Crippen molar-refractivity contribution in [1.29, 1.82) is 0 Å². The van der Waals surface area contributed by atoms with E-state index in [-0.39, 0.29) is 5.78 Å². The predicted molar refractivity (Wildman–Crippen MR) is 78.6 cm³/mol. The van der Waals surface area contributed by atoms with Crippen LogP contribution in [0.15, 0.2) is 66.7 Å². The highest BCUT2D eigenvalue weighted by molar-refractivity contribution is 6.12. The lowest BCUT2D eigenvalue weighted by atomic mass is 9.94. The molecule has 19 heavy (non-hydrogen) atoms. The zero-order valence-electron chi connectivity index (χ0n) is 10.8. The molecule has 0 N–H and O–H groups in total. The summed E-state index contributed by atoms with van der Waals surface area (Å²) in [5.41, 5.74) is 2.57. The van der Waals surface area contributed by atoms with Crippen molar-refractivity contribution < 1.29 is 4.79 Å². The van der Waals surface area contributed by atoms with Gasteiger partial charge in [0.15, 0.2) is 5.78 Å². The Kier molecular flexibility index (Phi) is 2.88. The second-order valence-corrected chi connectivity index (χ2v) is 4.65. The Bertz CT molecular complexity index is 742. The van der Waals surface area contributed by atoms with Gasteiger partial charge in [0.1, 0.15) is 0 Å². The van der Waals surface area contributed by atoms with Crippen LogP contribution in [0.1, 0.15) is 21.5 Å². The van der Waals surface area contributed by atoms with Crippen molar-refractivity contribution in [3.05, 3.63) is 83.4 Å². The summed E-state index contributed by atoms with van der Waals surface area (Å²) in [5, 5.41) is 2.31. The van der Waals surface area contributed by atoms with Gasteiger partial charge in [-0.1, -0.05) is 66.7 Å². The highest BCUT2D eigenvalue weighted by atomic mass is 16.1. The van der Waals surface area contributed by atoms with E-state index in [0.29, 0.717) is 0 Å². The maximum Gasteiger partial charge on any atom is 0.193 e. The maximum atomic E-state index is 12.5. The molecule has 0 saturated heterocycles. The van der Waals surface area contributed by atoms with Gasteiger partial charge in [-0.2, -0.15) is 0 Å². The van der Waals surface area contributed by atoms with Gasteiger partial charge in [0.05, 0.1) is 0 Å². The van der Waals surface area contributed by atoms with E-state index in [9.17, 15) is 4.79 Å². The molecule has 0 aliphatic carbocycles. The van der Waals surface area contributed by atoms with Crippen LogP contribution in [0.5, 0.6) is 0 Å². The molecule has 0 atom stereocenters. The number of hydrogen-bond acceptors (Lipinski definition) is 1. The van der Waals surface area contributed by atoms with Crippen LogP contribution < -0.4 is 0 Å². The number of hydrogen-bond donors (Lipinski definition) is 0. The van der Waals surface area contributed by atoms with Crippen LogP contribution in [0.2, 0.25) is 0 Å². The number of fused-ring (bicyclic) bond motifs is 1. The molecule has 3 rings (SSSR count). The van der Waals surface area contributed by atoms with E-state index in [4.69, 9.17) is 0 Å². The Labute approximate surface area is 112 Å². The summed E-state index contributed by atoms with van der Waals surface area (Å²) >= 11 is 0. The molecule has 1 nitrogen and oxygen atoms in total. The first-order valence-electron chi connectivity index (χ1n) is 6.35. The average Bonchev–Trinajstić information content (AvgIpc) is 2.48. The molecule has 0 unspecified atom stereocenters. The first kappa shape index (κ1) is 11.7. The summed E-state index contributed by atoms with van der Waals surface area (Å²) in [5.74, 6) is 0.0869. The minimum atomic E-state index is 0.0869. The molecule has 0 aliphatic rings. The third-order valence-corrected chi connectivity index (χ3v) is 3.48. The smallest absolute Gasteiger partial charge is 0.193 e. The van der Waals surface area contributed by atoms with Crippen molar-refractivity contribution in [1.82, 2.24) is 0 Å². The Morgan fingerprint density at radius 3 is 2.26 bits per heavy atom. The van der Waals surface area contributed by atoms with E-state index in [0.717, 1.165) is 22.1 Å². The van der Waals surface area contributed by atoms with Crippen molar-refractivity contribution in [3.63, 3.8) is 0 Å². The normalized spacial score (nSPS) is 10.6. The summed E-state index contributed by atoms with van der Waals surface area (Å²) < 4.78 is 0. The van der Waals surface area contributed by atoms with E-state index in [1.54, 1.807) is 0 Å². The molecule has 3 aromatic carbocycles. The molecule has 0 heterocycles. The Morgan fingerprint density at radius 2 is 1.47 bits per heavy atom. The van der Waals surface area contributed by atoms with Gasteiger partial charge in [0.2, 0.25) is 0 Å². The van der Waals surface area contributed by atoms with Crippen LogP contribution in [-0.2, 0) is 0 Å². The third kappa shape index (κ3) is 2.04. The van der Waals surface area contributed by atoms with Gasteiger partial charge in [-0.05, 0) is 23.3 Å². The largest absolute Gasteiger partial charge is 0.289 e. The van der Waals surface area contributed by atoms with E-state index < -0.39 is 0 Å². The van der Waals surface area contributed by atoms with Crippen LogP contribution in [0.4, 0.5) is 0 Å². The number of carbonyl (C=O) groups is 1. The first-order chi connectivity index (χ1) is 9.27. The van der Waals surface area contributed by atoms with Crippen LogP contribution >= 0.6 is 0 Å². The fourth-order valence-electron chi connectivity index (χ4n) is 2.42. The van der Waals surface area contributed by atoms with Crippen molar-refractivity contribution in [2.75, 3.05) is 0 Å². The van der Waals surface area contributed by atoms with Crippen molar-refractivity contribution in [3.8, 4) is 0 Å². The zero-order chi connectivity index (χ0) is 13.2. The molecule has 0 bridgehead atoms. The number of benzene rings is 3. The fraction of sp³-hybridized carbons (Fsp3) is 0.0556. The highest BCUT2D eigenvalue weighted by Gasteiger charge is 2.12. The van der Waals surface area contributed by atoms with Gasteiger partial charge in [-0.15, -0.1) is 0 Å². The average molecular weight is 246 g/mol. The van der Waals surface area contributed by atoms with Crippen molar-refractivity contribution in [2.45, 2.75) is 6.92 Å². The number of ketones is 1. The molecule has 0 aromatic heterocycles.